The predicted molar refractivity (Wildman–Crippen MR) is 93.0 cm³/mol. The van der Waals surface area contributed by atoms with Crippen molar-refractivity contribution in [3.8, 4) is 0 Å². The lowest BCUT2D eigenvalue weighted by molar-refractivity contribution is -0.128. The molecular formula is C19H28N2O2. The van der Waals surface area contributed by atoms with Crippen molar-refractivity contribution in [1.82, 2.24) is 5.32 Å². The van der Waals surface area contributed by atoms with Crippen molar-refractivity contribution < 1.29 is 9.59 Å². The number of hydrogen-bond donors (Lipinski definition) is 2. The summed E-state index contributed by atoms with van der Waals surface area (Å²) in [4.78, 5) is 24.4. The fourth-order valence-electron chi connectivity index (χ4n) is 3.01. The second kappa shape index (κ2) is 8.70. The molecule has 0 heterocycles. The van der Waals surface area contributed by atoms with Crippen LogP contribution in [0.2, 0.25) is 0 Å². The van der Waals surface area contributed by atoms with E-state index in [9.17, 15) is 9.59 Å². The Morgan fingerprint density at radius 3 is 2.13 bits per heavy atom. The molecule has 1 aliphatic rings. The van der Waals surface area contributed by atoms with Gasteiger partial charge in [0.25, 0.3) is 0 Å². The van der Waals surface area contributed by atoms with Crippen molar-refractivity contribution >= 4 is 17.5 Å². The minimum Gasteiger partial charge on any atom is -0.356 e. The van der Waals surface area contributed by atoms with Gasteiger partial charge in [0.15, 0.2) is 0 Å². The van der Waals surface area contributed by atoms with E-state index in [0.717, 1.165) is 44.3 Å². The van der Waals surface area contributed by atoms with Crippen molar-refractivity contribution in [3.63, 3.8) is 0 Å². The third kappa shape index (κ3) is 5.70. The molecule has 126 valence electrons. The van der Waals surface area contributed by atoms with E-state index in [1.807, 2.05) is 30.3 Å². The maximum Gasteiger partial charge on any atom is 0.227 e. The fraction of sp³-hybridized carbons (Fsp3) is 0.579. The first kappa shape index (κ1) is 17.5. The van der Waals surface area contributed by atoms with Crippen LogP contribution in [-0.2, 0) is 9.59 Å². The van der Waals surface area contributed by atoms with Crippen LogP contribution >= 0.6 is 0 Å². The van der Waals surface area contributed by atoms with E-state index in [0.29, 0.717) is 5.92 Å². The maximum absolute atomic E-state index is 12.3. The molecule has 4 nitrogen and oxygen atoms in total. The lowest BCUT2D eigenvalue weighted by Crippen LogP contribution is -2.36. The summed E-state index contributed by atoms with van der Waals surface area (Å²) in [6.07, 6.45) is 4.21. The predicted octanol–water partition coefficient (Wildman–Crippen LogP) is 3.59. The Labute approximate surface area is 139 Å². The summed E-state index contributed by atoms with van der Waals surface area (Å²) < 4.78 is 0. The zero-order valence-electron chi connectivity index (χ0n) is 14.2. The van der Waals surface area contributed by atoms with Crippen LogP contribution in [0.1, 0.15) is 46.0 Å². The third-order valence-electron chi connectivity index (χ3n) is 4.53. The topological polar surface area (TPSA) is 58.2 Å². The highest BCUT2D eigenvalue weighted by atomic mass is 16.2. The highest BCUT2D eigenvalue weighted by molar-refractivity contribution is 5.92. The second-order valence-electron chi connectivity index (χ2n) is 6.88. The van der Waals surface area contributed by atoms with Gasteiger partial charge >= 0.3 is 0 Å². The van der Waals surface area contributed by atoms with E-state index in [-0.39, 0.29) is 23.7 Å². The number of rotatable bonds is 6. The minimum absolute atomic E-state index is 0.0231. The maximum atomic E-state index is 12.3. The minimum atomic E-state index is 0.0231. The Morgan fingerprint density at radius 2 is 1.57 bits per heavy atom. The van der Waals surface area contributed by atoms with E-state index in [1.165, 1.54) is 0 Å². The van der Waals surface area contributed by atoms with Crippen LogP contribution in [0.3, 0.4) is 0 Å². The summed E-state index contributed by atoms with van der Waals surface area (Å²) in [5.41, 5.74) is 0.839. The van der Waals surface area contributed by atoms with Gasteiger partial charge in [-0.15, -0.1) is 0 Å². The van der Waals surface area contributed by atoms with Gasteiger partial charge in [-0.25, -0.2) is 0 Å². The highest BCUT2D eigenvalue weighted by Gasteiger charge is 2.29. The normalized spacial score (nSPS) is 21.0. The first-order valence-electron chi connectivity index (χ1n) is 8.70. The molecule has 0 saturated heterocycles. The van der Waals surface area contributed by atoms with Gasteiger partial charge in [0.2, 0.25) is 11.8 Å². The molecule has 2 rings (SSSR count). The number of anilines is 1. The van der Waals surface area contributed by atoms with Crippen LogP contribution in [-0.4, -0.2) is 18.4 Å². The SMILES string of the molecule is CC(C)CCNC(=O)C1CCC(C(=O)Nc2ccccc2)CC1. The average Bonchev–Trinajstić information content (AvgIpc) is 2.55. The molecule has 4 heteroatoms. The number of nitrogens with one attached hydrogen (secondary N) is 2. The molecule has 0 aliphatic heterocycles. The molecule has 0 radical (unpaired) electrons. The smallest absolute Gasteiger partial charge is 0.227 e. The zero-order valence-corrected chi connectivity index (χ0v) is 14.2. The summed E-state index contributed by atoms with van der Waals surface area (Å²) in [5, 5.41) is 5.99. The van der Waals surface area contributed by atoms with Gasteiger partial charge in [-0.05, 0) is 50.2 Å². The van der Waals surface area contributed by atoms with Gasteiger partial charge in [0.05, 0.1) is 0 Å². The van der Waals surface area contributed by atoms with Crippen LogP contribution in [0, 0.1) is 17.8 Å². The standard InChI is InChI=1S/C19H28N2O2/c1-14(2)12-13-20-18(22)15-8-10-16(11-9-15)19(23)21-17-6-4-3-5-7-17/h3-7,14-16H,8-13H2,1-2H3,(H,20,22)(H,21,23). The molecule has 0 spiro atoms. The zero-order chi connectivity index (χ0) is 16.7. The fourth-order valence-corrected chi connectivity index (χ4v) is 3.01. The molecule has 1 aliphatic carbocycles. The van der Waals surface area contributed by atoms with E-state index in [4.69, 9.17) is 0 Å². The van der Waals surface area contributed by atoms with Crippen molar-refractivity contribution in [3.05, 3.63) is 30.3 Å². The molecular weight excluding hydrogens is 288 g/mol. The van der Waals surface area contributed by atoms with Gasteiger partial charge in [0.1, 0.15) is 0 Å². The van der Waals surface area contributed by atoms with E-state index in [1.54, 1.807) is 0 Å². The van der Waals surface area contributed by atoms with Gasteiger partial charge in [-0.2, -0.15) is 0 Å². The summed E-state index contributed by atoms with van der Waals surface area (Å²) in [6, 6.07) is 9.54. The quantitative estimate of drug-likeness (QED) is 0.842. The average molecular weight is 316 g/mol. The summed E-state index contributed by atoms with van der Waals surface area (Å²) >= 11 is 0. The van der Waals surface area contributed by atoms with Crippen LogP contribution in [0.4, 0.5) is 5.69 Å². The Morgan fingerprint density at radius 1 is 1.00 bits per heavy atom. The van der Waals surface area contributed by atoms with Crippen LogP contribution < -0.4 is 10.6 Å². The molecule has 0 bridgehead atoms. The molecule has 2 N–H and O–H groups in total. The molecule has 2 amide bonds. The van der Waals surface area contributed by atoms with E-state index >= 15 is 0 Å². The molecule has 23 heavy (non-hydrogen) atoms. The van der Waals surface area contributed by atoms with Crippen molar-refractivity contribution in [2.45, 2.75) is 46.0 Å². The Balaban J connectivity index is 1.73. The van der Waals surface area contributed by atoms with E-state index < -0.39 is 0 Å². The molecule has 0 unspecified atom stereocenters. The van der Waals surface area contributed by atoms with Crippen LogP contribution in [0.25, 0.3) is 0 Å². The second-order valence-corrected chi connectivity index (χ2v) is 6.88. The first-order valence-corrected chi connectivity index (χ1v) is 8.70. The van der Waals surface area contributed by atoms with E-state index in [2.05, 4.69) is 24.5 Å². The number of benzene rings is 1. The molecule has 0 aromatic heterocycles. The van der Waals surface area contributed by atoms with Crippen molar-refractivity contribution in [2.24, 2.45) is 17.8 Å². The van der Waals surface area contributed by atoms with Gasteiger partial charge < -0.3 is 10.6 Å². The van der Waals surface area contributed by atoms with Crippen LogP contribution in [0.5, 0.6) is 0 Å². The number of para-hydroxylation sites is 1. The lowest BCUT2D eigenvalue weighted by atomic mass is 9.81. The number of carbonyl (C=O) groups excluding carboxylic acids is 2. The Kier molecular flexibility index (Phi) is 6.63. The molecule has 1 aromatic carbocycles. The monoisotopic (exact) mass is 316 g/mol. The van der Waals surface area contributed by atoms with Gasteiger partial charge in [-0.3, -0.25) is 9.59 Å². The summed E-state index contributed by atoms with van der Waals surface area (Å²) in [6.45, 7) is 5.07. The number of hydrogen-bond acceptors (Lipinski definition) is 2. The summed E-state index contributed by atoms with van der Waals surface area (Å²) in [5.74, 6) is 0.938. The lowest BCUT2D eigenvalue weighted by Gasteiger charge is -2.27. The molecule has 1 fully saturated rings. The molecule has 1 aromatic rings. The van der Waals surface area contributed by atoms with Crippen molar-refractivity contribution in [1.29, 1.82) is 0 Å². The number of carbonyl (C=O) groups is 2. The summed E-state index contributed by atoms with van der Waals surface area (Å²) in [7, 11) is 0. The highest BCUT2D eigenvalue weighted by Crippen LogP contribution is 2.29. The Hall–Kier alpha value is -1.84. The third-order valence-corrected chi connectivity index (χ3v) is 4.53. The number of amides is 2. The first-order chi connectivity index (χ1) is 11.1. The molecule has 0 atom stereocenters. The van der Waals surface area contributed by atoms with Gasteiger partial charge in [0, 0.05) is 24.1 Å². The van der Waals surface area contributed by atoms with Gasteiger partial charge in [-0.1, -0.05) is 32.0 Å². The largest absolute Gasteiger partial charge is 0.356 e. The molecule has 1 saturated carbocycles. The van der Waals surface area contributed by atoms with Crippen LogP contribution in [0.15, 0.2) is 30.3 Å². The van der Waals surface area contributed by atoms with Crippen molar-refractivity contribution in [2.75, 3.05) is 11.9 Å². The Bertz CT molecular complexity index is 505.